The Labute approximate surface area is 139 Å². The van der Waals surface area contributed by atoms with E-state index >= 15 is 0 Å². The van der Waals surface area contributed by atoms with E-state index in [2.05, 4.69) is 0 Å². The summed E-state index contributed by atoms with van der Waals surface area (Å²) in [4.78, 5) is 0. The molecule has 2 rings (SSSR count). The van der Waals surface area contributed by atoms with Crippen molar-refractivity contribution in [1.82, 2.24) is 0 Å². The largest absolute Gasteiger partial charge is 0.497 e. The molecule has 0 aliphatic carbocycles. The summed E-state index contributed by atoms with van der Waals surface area (Å²) in [6, 6.07) is 6.78. The Bertz CT molecular complexity index is 503. The first-order valence-electron chi connectivity index (χ1n) is 7.67. The van der Waals surface area contributed by atoms with Gasteiger partial charge in [-0.15, -0.1) is 0 Å². The van der Waals surface area contributed by atoms with E-state index in [0.717, 1.165) is 0 Å². The highest BCUT2D eigenvalue weighted by Gasteiger charge is 2.45. The van der Waals surface area contributed by atoms with Gasteiger partial charge in [0.05, 0.1) is 19.8 Å². The van der Waals surface area contributed by atoms with Crippen LogP contribution >= 0.6 is 0 Å². The van der Waals surface area contributed by atoms with Gasteiger partial charge in [0.15, 0.2) is 6.29 Å². The normalized spacial score (nSPS) is 33.0. The predicted octanol–water partition coefficient (Wildman–Crippen LogP) is -1.07. The second kappa shape index (κ2) is 8.21. The SMILES string of the molecule is COc1ccc([C@H](O[C@@H]2O[C@@H](CO)[C@@H](O)[C@@H](O)[C@H]2O)[C@@H](C)O)cc1. The lowest BCUT2D eigenvalue weighted by atomic mass is 9.99. The summed E-state index contributed by atoms with van der Waals surface area (Å²) in [6.07, 6.45) is -8.70. The summed E-state index contributed by atoms with van der Waals surface area (Å²) in [6.45, 7) is 0.964. The number of aliphatic hydroxyl groups is 5. The molecule has 0 spiro atoms. The second-order valence-electron chi connectivity index (χ2n) is 5.77. The predicted molar refractivity (Wildman–Crippen MR) is 82.3 cm³/mol. The fraction of sp³-hybridized carbons (Fsp3) is 0.625. The Hall–Kier alpha value is -1.26. The van der Waals surface area contributed by atoms with Gasteiger partial charge >= 0.3 is 0 Å². The molecule has 24 heavy (non-hydrogen) atoms. The maximum absolute atomic E-state index is 10.0. The molecule has 0 radical (unpaired) electrons. The quantitative estimate of drug-likeness (QED) is 0.441. The molecule has 1 heterocycles. The molecule has 0 amide bonds. The van der Waals surface area contributed by atoms with Gasteiger partial charge in [0.25, 0.3) is 0 Å². The van der Waals surface area contributed by atoms with Crippen LogP contribution in [0.5, 0.6) is 5.75 Å². The van der Waals surface area contributed by atoms with Crippen LogP contribution in [-0.4, -0.2) is 76.1 Å². The van der Waals surface area contributed by atoms with Crippen molar-refractivity contribution in [2.45, 2.75) is 49.8 Å². The molecule has 8 nitrogen and oxygen atoms in total. The van der Waals surface area contributed by atoms with Gasteiger partial charge in [-0.25, -0.2) is 0 Å². The van der Waals surface area contributed by atoms with Crippen molar-refractivity contribution < 1.29 is 39.7 Å². The van der Waals surface area contributed by atoms with Crippen molar-refractivity contribution in [3.05, 3.63) is 29.8 Å². The Balaban J connectivity index is 2.17. The Kier molecular flexibility index (Phi) is 6.53. The minimum atomic E-state index is -1.54. The van der Waals surface area contributed by atoms with Crippen LogP contribution < -0.4 is 4.74 Å². The third-order valence-corrected chi connectivity index (χ3v) is 4.01. The van der Waals surface area contributed by atoms with Crippen molar-refractivity contribution in [1.29, 1.82) is 0 Å². The molecular formula is C16H24O8. The molecule has 0 aromatic heterocycles. The van der Waals surface area contributed by atoms with Crippen LogP contribution in [0.3, 0.4) is 0 Å². The minimum Gasteiger partial charge on any atom is -0.497 e. The van der Waals surface area contributed by atoms with Gasteiger partial charge < -0.3 is 39.7 Å². The molecule has 7 atom stereocenters. The molecule has 0 bridgehead atoms. The summed E-state index contributed by atoms with van der Waals surface area (Å²) in [5.74, 6) is 0.635. The van der Waals surface area contributed by atoms with Crippen LogP contribution in [0.4, 0.5) is 0 Å². The molecule has 1 aliphatic rings. The number of methoxy groups -OCH3 is 1. The van der Waals surface area contributed by atoms with Gasteiger partial charge in [0.1, 0.15) is 36.3 Å². The average Bonchev–Trinajstić information content (AvgIpc) is 2.59. The van der Waals surface area contributed by atoms with Crippen molar-refractivity contribution in [2.24, 2.45) is 0 Å². The standard InChI is InChI=1S/C16H24O8/c1-8(18)15(9-3-5-10(22-2)6-4-9)24-16-14(21)13(20)12(19)11(7-17)23-16/h3-6,8,11-21H,7H2,1-2H3/t8-,11+,12-,13-,14-,15-,16+/m1/s1. The summed E-state index contributed by atoms with van der Waals surface area (Å²) in [5.41, 5.74) is 0.614. The van der Waals surface area contributed by atoms with Crippen molar-refractivity contribution in [3.8, 4) is 5.75 Å². The monoisotopic (exact) mass is 344 g/mol. The number of ether oxygens (including phenoxy) is 3. The van der Waals surface area contributed by atoms with Gasteiger partial charge in [0, 0.05) is 0 Å². The van der Waals surface area contributed by atoms with Crippen LogP contribution in [0.25, 0.3) is 0 Å². The molecule has 5 N–H and O–H groups in total. The average molecular weight is 344 g/mol. The highest BCUT2D eigenvalue weighted by Crippen LogP contribution is 2.30. The van der Waals surface area contributed by atoms with Crippen LogP contribution in [0.15, 0.2) is 24.3 Å². The van der Waals surface area contributed by atoms with Gasteiger partial charge in [-0.05, 0) is 24.6 Å². The van der Waals surface area contributed by atoms with Crippen LogP contribution in [0, 0.1) is 0 Å². The molecule has 1 aliphatic heterocycles. The van der Waals surface area contributed by atoms with Crippen LogP contribution in [-0.2, 0) is 9.47 Å². The Morgan fingerprint density at radius 2 is 1.71 bits per heavy atom. The lowest BCUT2D eigenvalue weighted by molar-refractivity contribution is -0.317. The minimum absolute atomic E-state index is 0.549. The Morgan fingerprint density at radius 3 is 2.21 bits per heavy atom. The first-order valence-corrected chi connectivity index (χ1v) is 7.67. The molecule has 0 unspecified atom stereocenters. The van der Waals surface area contributed by atoms with Crippen molar-refractivity contribution in [2.75, 3.05) is 13.7 Å². The molecule has 136 valence electrons. The van der Waals surface area contributed by atoms with E-state index in [1.165, 1.54) is 14.0 Å². The molecule has 1 aromatic carbocycles. The van der Waals surface area contributed by atoms with Crippen LogP contribution in [0.2, 0.25) is 0 Å². The second-order valence-corrected chi connectivity index (χ2v) is 5.77. The highest BCUT2D eigenvalue weighted by atomic mass is 16.7. The number of benzene rings is 1. The topological polar surface area (TPSA) is 129 Å². The fourth-order valence-corrected chi connectivity index (χ4v) is 2.59. The van der Waals surface area contributed by atoms with E-state index in [0.29, 0.717) is 11.3 Å². The van der Waals surface area contributed by atoms with E-state index in [4.69, 9.17) is 14.2 Å². The van der Waals surface area contributed by atoms with Crippen molar-refractivity contribution in [3.63, 3.8) is 0 Å². The third-order valence-electron chi connectivity index (χ3n) is 4.01. The molecular weight excluding hydrogens is 320 g/mol. The number of hydrogen-bond donors (Lipinski definition) is 5. The van der Waals surface area contributed by atoms with E-state index < -0.39 is 49.5 Å². The van der Waals surface area contributed by atoms with E-state index in [-0.39, 0.29) is 0 Å². The van der Waals surface area contributed by atoms with E-state index in [1.54, 1.807) is 24.3 Å². The zero-order valence-corrected chi connectivity index (χ0v) is 13.5. The number of hydrogen-bond acceptors (Lipinski definition) is 8. The fourth-order valence-electron chi connectivity index (χ4n) is 2.59. The zero-order valence-electron chi connectivity index (χ0n) is 13.5. The summed E-state index contributed by atoms with van der Waals surface area (Å²) >= 11 is 0. The van der Waals surface area contributed by atoms with E-state index in [9.17, 15) is 25.5 Å². The smallest absolute Gasteiger partial charge is 0.187 e. The van der Waals surface area contributed by atoms with E-state index in [1.807, 2.05) is 0 Å². The summed E-state index contributed by atoms with van der Waals surface area (Å²) < 4.78 is 16.0. The number of aliphatic hydroxyl groups excluding tert-OH is 5. The summed E-state index contributed by atoms with van der Waals surface area (Å²) in [5, 5.41) is 48.8. The first kappa shape index (κ1) is 19.1. The molecule has 1 aromatic rings. The third kappa shape index (κ3) is 4.04. The van der Waals surface area contributed by atoms with Gasteiger partial charge in [-0.3, -0.25) is 0 Å². The molecule has 8 heteroatoms. The van der Waals surface area contributed by atoms with Gasteiger partial charge in [-0.1, -0.05) is 12.1 Å². The molecule has 1 fully saturated rings. The lowest BCUT2D eigenvalue weighted by Gasteiger charge is -2.41. The highest BCUT2D eigenvalue weighted by molar-refractivity contribution is 5.29. The number of rotatable bonds is 6. The zero-order chi connectivity index (χ0) is 17.9. The first-order chi connectivity index (χ1) is 11.4. The maximum atomic E-state index is 10.0. The molecule has 0 saturated carbocycles. The summed E-state index contributed by atoms with van der Waals surface area (Å²) in [7, 11) is 1.53. The lowest BCUT2D eigenvalue weighted by Crippen LogP contribution is -2.59. The van der Waals surface area contributed by atoms with Crippen LogP contribution in [0.1, 0.15) is 18.6 Å². The van der Waals surface area contributed by atoms with Crippen molar-refractivity contribution >= 4 is 0 Å². The molecule has 1 saturated heterocycles. The van der Waals surface area contributed by atoms with Gasteiger partial charge in [0.2, 0.25) is 0 Å². The van der Waals surface area contributed by atoms with Gasteiger partial charge in [-0.2, -0.15) is 0 Å². The Morgan fingerprint density at radius 1 is 1.08 bits per heavy atom. The maximum Gasteiger partial charge on any atom is 0.187 e.